The Kier molecular flexibility index (Phi) is 4.38. The summed E-state index contributed by atoms with van der Waals surface area (Å²) >= 11 is 0. The van der Waals surface area contributed by atoms with Crippen molar-refractivity contribution >= 4 is 29.1 Å². The number of nitrogens with two attached hydrogens (primary N) is 1. The fraction of sp³-hybridized carbons (Fsp3) is 0.250. The number of hydrogen-bond donors (Lipinski definition) is 2. The summed E-state index contributed by atoms with van der Waals surface area (Å²) in [4.78, 5) is 38.8. The Morgan fingerprint density at radius 1 is 1.11 bits per heavy atom. The van der Waals surface area contributed by atoms with E-state index in [2.05, 4.69) is 5.32 Å². The van der Waals surface area contributed by atoms with Gasteiger partial charge in [-0.05, 0) is 24.6 Å². The maximum atomic E-state index is 12.7. The SMILES string of the molecule is CCCCN1C(=O)c2ccc(C(=O)Nc3cc4c(cc3N)OCO4)cc2C1=O. The lowest BCUT2D eigenvalue weighted by Gasteiger charge is -2.12. The molecule has 0 fully saturated rings. The first-order valence-corrected chi connectivity index (χ1v) is 9.00. The highest BCUT2D eigenvalue weighted by Crippen LogP contribution is 2.38. The number of anilines is 2. The van der Waals surface area contributed by atoms with Gasteiger partial charge in [-0.15, -0.1) is 0 Å². The predicted octanol–water partition coefficient (Wildman–Crippen LogP) is 2.65. The minimum absolute atomic E-state index is 0.0989. The molecule has 8 nitrogen and oxygen atoms in total. The van der Waals surface area contributed by atoms with E-state index in [0.717, 1.165) is 12.8 Å². The topological polar surface area (TPSA) is 111 Å². The average Bonchev–Trinajstić information content (AvgIpc) is 3.23. The Morgan fingerprint density at radius 3 is 2.57 bits per heavy atom. The van der Waals surface area contributed by atoms with Crippen LogP contribution in [0, 0.1) is 0 Å². The maximum absolute atomic E-state index is 12.7. The molecule has 144 valence electrons. The van der Waals surface area contributed by atoms with Gasteiger partial charge < -0.3 is 20.5 Å². The van der Waals surface area contributed by atoms with Gasteiger partial charge in [0.05, 0.1) is 22.5 Å². The molecule has 0 bridgehead atoms. The van der Waals surface area contributed by atoms with E-state index in [1.165, 1.54) is 23.1 Å². The molecule has 0 aliphatic carbocycles. The van der Waals surface area contributed by atoms with Gasteiger partial charge in [-0.3, -0.25) is 19.3 Å². The molecule has 0 radical (unpaired) electrons. The Hall–Kier alpha value is -3.55. The molecular weight excluding hydrogens is 362 g/mol. The number of rotatable bonds is 5. The van der Waals surface area contributed by atoms with Crippen molar-refractivity contribution < 1.29 is 23.9 Å². The van der Waals surface area contributed by atoms with E-state index in [1.54, 1.807) is 12.1 Å². The number of nitrogens with one attached hydrogen (secondary N) is 1. The molecule has 8 heteroatoms. The van der Waals surface area contributed by atoms with Crippen molar-refractivity contribution in [1.82, 2.24) is 4.90 Å². The molecule has 2 aromatic carbocycles. The second kappa shape index (κ2) is 6.88. The first kappa shape index (κ1) is 17.8. The standard InChI is InChI=1S/C20H19N3O5/c1-2-3-6-23-19(25)12-5-4-11(7-13(12)20(23)26)18(24)22-15-9-17-16(8-14(15)21)27-10-28-17/h4-5,7-9H,2-3,6,10,21H2,1H3,(H,22,24). The van der Waals surface area contributed by atoms with Crippen LogP contribution in [0.15, 0.2) is 30.3 Å². The van der Waals surface area contributed by atoms with E-state index in [1.807, 2.05) is 6.92 Å². The van der Waals surface area contributed by atoms with Crippen LogP contribution in [-0.2, 0) is 0 Å². The second-order valence-electron chi connectivity index (χ2n) is 6.62. The molecule has 0 unspecified atom stereocenters. The van der Waals surface area contributed by atoms with Gasteiger partial charge in [-0.2, -0.15) is 0 Å². The molecule has 3 amide bonds. The molecule has 2 aromatic rings. The van der Waals surface area contributed by atoms with Crippen LogP contribution in [0.25, 0.3) is 0 Å². The van der Waals surface area contributed by atoms with Gasteiger partial charge >= 0.3 is 0 Å². The molecule has 0 saturated heterocycles. The Morgan fingerprint density at radius 2 is 1.82 bits per heavy atom. The number of amides is 3. The van der Waals surface area contributed by atoms with E-state index in [0.29, 0.717) is 35.0 Å². The Labute approximate surface area is 161 Å². The van der Waals surface area contributed by atoms with Crippen LogP contribution in [-0.4, -0.2) is 36.0 Å². The quantitative estimate of drug-likeness (QED) is 0.608. The number of ether oxygens (including phenoxy) is 2. The van der Waals surface area contributed by atoms with E-state index >= 15 is 0 Å². The number of carbonyl (C=O) groups is 3. The second-order valence-corrected chi connectivity index (χ2v) is 6.62. The van der Waals surface area contributed by atoms with Crippen LogP contribution in [0.5, 0.6) is 11.5 Å². The van der Waals surface area contributed by atoms with Crippen molar-refractivity contribution in [2.24, 2.45) is 0 Å². The summed E-state index contributed by atoms with van der Waals surface area (Å²) < 4.78 is 10.5. The van der Waals surface area contributed by atoms with Gasteiger partial charge in [0.2, 0.25) is 6.79 Å². The molecular formula is C20H19N3O5. The molecule has 3 N–H and O–H groups in total. The number of nitrogen functional groups attached to an aromatic ring is 1. The van der Waals surface area contributed by atoms with Gasteiger partial charge in [0.25, 0.3) is 17.7 Å². The minimum Gasteiger partial charge on any atom is -0.454 e. The fourth-order valence-electron chi connectivity index (χ4n) is 3.21. The fourth-order valence-corrected chi connectivity index (χ4v) is 3.21. The van der Waals surface area contributed by atoms with Crippen molar-refractivity contribution in [1.29, 1.82) is 0 Å². The highest BCUT2D eigenvalue weighted by atomic mass is 16.7. The normalized spacial score (nSPS) is 14.4. The maximum Gasteiger partial charge on any atom is 0.261 e. The largest absolute Gasteiger partial charge is 0.454 e. The van der Waals surface area contributed by atoms with E-state index in [9.17, 15) is 14.4 Å². The number of fused-ring (bicyclic) bond motifs is 2. The zero-order chi connectivity index (χ0) is 19.8. The monoisotopic (exact) mass is 381 g/mol. The van der Waals surface area contributed by atoms with Crippen LogP contribution in [0.1, 0.15) is 50.8 Å². The molecule has 2 aliphatic rings. The summed E-state index contributed by atoms with van der Waals surface area (Å²) in [7, 11) is 0. The molecule has 0 saturated carbocycles. The number of unbranched alkanes of at least 4 members (excludes halogenated alkanes) is 1. The Balaban J connectivity index is 1.57. The zero-order valence-corrected chi connectivity index (χ0v) is 15.3. The number of hydrogen-bond acceptors (Lipinski definition) is 6. The summed E-state index contributed by atoms with van der Waals surface area (Å²) in [5.41, 5.74) is 7.49. The van der Waals surface area contributed by atoms with Crippen LogP contribution in [0.4, 0.5) is 11.4 Å². The number of benzene rings is 2. The third kappa shape index (κ3) is 2.92. The van der Waals surface area contributed by atoms with Crippen molar-refractivity contribution in [2.45, 2.75) is 19.8 Å². The summed E-state index contributed by atoms with van der Waals surface area (Å²) in [6.07, 6.45) is 1.61. The minimum atomic E-state index is -0.444. The molecule has 0 aromatic heterocycles. The molecule has 28 heavy (non-hydrogen) atoms. The van der Waals surface area contributed by atoms with E-state index in [4.69, 9.17) is 15.2 Å². The van der Waals surface area contributed by atoms with Gasteiger partial charge in [-0.1, -0.05) is 13.3 Å². The number of imide groups is 1. The van der Waals surface area contributed by atoms with Crippen molar-refractivity contribution in [3.05, 3.63) is 47.0 Å². The van der Waals surface area contributed by atoms with Crippen LogP contribution >= 0.6 is 0 Å². The highest BCUT2D eigenvalue weighted by Gasteiger charge is 2.35. The smallest absolute Gasteiger partial charge is 0.261 e. The highest BCUT2D eigenvalue weighted by molar-refractivity contribution is 6.22. The zero-order valence-electron chi connectivity index (χ0n) is 15.3. The average molecular weight is 381 g/mol. The molecule has 2 heterocycles. The first-order valence-electron chi connectivity index (χ1n) is 9.00. The summed E-state index contributed by atoms with van der Waals surface area (Å²) in [5.74, 6) is -0.123. The number of nitrogens with zero attached hydrogens (tertiary/aromatic N) is 1. The predicted molar refractivity (Wildman–Crippen MR) is 102 cm³/mol. The van der Waals surface area contributed by atoms with Gasteiger partial charge in [0.15, 0.2) is 11.5 Å². The van der Waals surface area contributed by atoms with Crippen LogP contribution < -0.4 is 20.5 Å². The third-order valence-corrected chi connectivity index (χ3v) is 4.76. The van der Waals surface area contributed by atoms with Gasteiger partial charge in [-0.25, -0.2) is 0 Å². The first-order chi connectivity index (χ1) is 13.5. The van der Waals surface area contributed by atoms with Crippen molar-refractivity contribution in [3.8, 4) is 11.5 Å². The van der Waals surface area contributed by atoms with Crippen LogP contribution in [0.3, 0.4) is 0 Å². The molecule has 2 aliphatic heterocycles. The number of carbonyl (C=O) groups excluding carboxylic acids is 3. The summed E-state index contributed by atoms with van der Waals surface area (Å²) in [6.45, 7) is 2.46. The van der Waals surface area contributed by atoms with Gasteiger partial charge in [0, 0.05) is 24.2 Å². The van der Waals surface area contributed by atoms with E-state index < -0.39 is 5.91 Å². The lowest BCUT2D eigenvalue weighted by molar-refractivity contribution is 0.0652. The van der Waals surface area contributed by atoms with Crippen molar-refractivity contribution in [2.75, 3.05) is 24.4 Å². The lowest BCUT2D eigenvalue weighted by Crippen LogP contribution is -2.30. The molecule has 0 atom stereocenters. The lowest BCUT2D eigenvalue weighted by atomic mass is 10.1. The molecule has 0 spiro atoms. The Bertz CT molecular complexity index is 1000. The third-order valence-electron chi connectivity index (χ3n) is 4.76. The summed E-state index contributed by atoms with van der Waals surface area (Å²) in [6, 6.07) is 7.64. The van der Waals surface area contributed by atoms with Gasteiger partial charge in [0.1, 0.15) is 0 Å². The van der Waals surface area contributed by atoms with E-state index in [-0.39, 0.29) is 29.7 Å². The molecule has 4 rings (SSSR count). The van der Waals surface area contributed by atoms with Crippen LogP contribution in [0.2, 0.25) is 0 Å². The summed E-state index contributed by atoms with van der Waals surface area (Å²) in [5, 5.41) is 2.71. The van der Waals surface area contributed by atoms with Crippen molar-refractivity contribution in [3.63, 3.8) is 0 Å².